The van der Waals surface area contributed by atoms with Gasteiger partial charge in [0.15, 0.2) is 0 Å². The van der Waals surface area contributed by atoms with Crippen LogP contribution in [0.4, 0.5) is 0 Å². The highest BCUT2D eigenvalue weighted by Gasteiger charge is 2.61. The maximum atomic E-state index is 12.2. The Labute approximate surface area is 103 Å². The van der Waals surface area contributed by atoms with Gasteiger partial charge in [-0.15, -0.1) is 0 Å². The first-order valence-electron chi connectivity index (χ1n) is 7.01. The number of hydrogen-bond donors (Lipinski definition) is 2. The van der Waals surface area contributed by atoms with Crippen LogP contribution in [0.1, 0.15) is 52.4 Å². The molecule has 4 atom stereocenters. The number of amides is 1. The van der Waals surface area contributed by atoms with Gasteiger partial charge in [0.2, 0.25) is 5.91 Å². The van der Waals surface area contributed by atoms with Crippen LogP contribution in [0.25, 0.3) is 0 Å². The Morgan fingerprint density at radius 1 is 1.24 bits per heavy atom. The molecule has 4 rings (SSSR count). The number of nitrogens with one attached hydrogen (secondary N) is 1. The van der Waals surface area contributed by atoms with Gasteiger partial charge in [-0.05, 0) is 61.7 Å². The molecule has 0 aromatic carbocycles. The minimum Gasteiger partial charge on any atom is -0.294 e. The monoisotopic (exact) mass is 236 g/mol. The Morgan fingerprint density at radius 3 is 2.29 bits per heavy atom. The van der Waals surface area contributed by atoms with Crippen LogP contribution >= 0.6 is 0 Å². The van der Waals surface area contributed by atoms with Gasteiger partial charge in [0.1, 0.15) is 0 Å². The summed E-state index contributed by atoms with van der Waals surface area (Å²) >= 11 is 0. The average Bonchev–Trinajstić information content (AvgIpc) is 2.26. The summed E-state index contributed by atoms with van der Waals surface area (Å²) in [5.74, 6) is 7.76. The van der Waals surface area contributed by atoms with Crippen LogP contribution in [0.2, 0.25) is 0 Å². The molecule has 0 aliphatic heterocycles. The molecule has 1 amide bonds. The van der Waals surface area contributed by atoms with E-state index in [1.165, 1.54) is 19.3 Å². The van der Waals surface area contributed by atoms with Crippen molar-refractivity contribution in [2.24, 2.45) is 34.4 Å². The van der Waals surface area contributed by atoms with E-state index in [-0.39, 0.29) is 11.3 Å². The summed E-state index contributed by atoms with van der Waals surface area (Å²) in [5.41, 5.74) is 2.74. The second-order valence-electron chi connectivity index (χ2n) is 7.23. The quantitative estimate of drug-likeness (QED) is 0.439. The molecular weight excluding hydrogens is 212 g/mol. The Morgan fingerprint density at radius 2 is 1.82 bits per heavy atom. The first-order valence-corrected chi connectivity index (χ1v) is 7.01. The molecular formula is C14H24N2O. The van der Waals surface area contributed by atoms with Crippen molar-refractivity contribution >= 4 is 5.91 Å². The zero-order valence-corrected chi connectivity index (χ0v) is 11.0. The van der Waals surface area contributed by atoms with E-state index in [2.05, 4.69) is 19.3 Å². The molecule has 4 fully saturated rings. The molecule has 3 nitrogen and oxygen atoms in total. The third kappa shape index (κ3) is 1.48. The third-order valence-corrected chi connectivity index (χ3v) is 5.94. The zero-order chi connectivity index (χ0) is 12.3. The fraction of sp³-hybridized carbons (Fsp3) is 0.929. The molecule has 0 aromatic heterocycles. The van der Waals surface area contributed by atoms with Crippen molar-refractivity contribution in [3.63, 3.8) is 0 Å². The molecule has 4 aliphatic rings. The van der Waals surface area contributed by atoms with Crippen LogP contribution in [0, 0.1) is 28.6 Å². The lowest BCUT2D eigenvalue weighted by molar-refractivity contribution is -0.163. The lowest BCUT2D eigenvalue weighted by Gasteiger charge is -2.62. The van der Waals surface area contributed by atoms with E-state index < -0.39 is 0 Å². The van der Waals surface area contributed by atoms with Gasteiger partial charge in [-0.1, -0.05) is 13.8 Å². The van der Waals surface area contributed by atoms with Gasteiger partial charge in [-0.2, -0.15) is 0 Å². The largest absolute Gasteiger partial charge is 0.294 e. The predicted molar refractivity (Wildman–Crippen MR) is 66.7 cm³/mol. The molecule has 4 aliphatic carbocycles. The SMILES string of the molecule is CC(C)C12C[C@@H]3C[C@@H](CC(C(=O)NN)(C3)C1)C2. The average molecular weight is 236 g/mol. The number of carbonyl (C=O) groups excluding carboxylic acids is 1. The molecule has 3 N–H and O–H groups in total. The Bertz CT molecular complexity index is 336. The number of rotatable bonds is 2. The van der Waals surface area contributed by atoms with Crippen LogP contribution in [-0.2, 0) is 4.79 Å². The van der Waals surface area contributed by atoms with Gasteiger partial charge in [0.25, 0.3) is 0 Å². The van der Waals surface area contributed by atoms with Gasteiger partial charge in [0.05, 0.1) is 5.41 Å². The molecule has 0 radical (unpaired) electrons. The molecule has 4 bridgehead atoms. The molecule has 96 valence electrons. The molecule has 0 aromatic rings. The second kappa shape index (κ2) is 3.47. The molecule has 4 saturated carbocycles. The van der Waals surface area contributed by atoms with Crippen molar-refractivity contribution < 1.29 is 4.79 Å². The number of nitrogens with two attached hydrogens (primary N) is 1. The van der Waals surface area contributed by atoms with Crippen LogP contribution < -0.4 is 11.3 Å². The summed E-state index contributed by atoms with van der Waals surface area (Å²) in [7, 11) is 0. The first kappa shape index (κ1) is 11.5. The van der Waals surface area contributed by atoms with E-state index in [0.29, 0.717) is 11.3 Å². The number of hydrazine groups is 1. The summed E-state index contributed by atoms with van der Waals surface area (Å²) in [6.45, 7) is 4.67. The lowest BCUT2D eigenvalue weighted by Crippen LogP contribution is -2.59. The highest BCUT2D eigenvalue weighted by Crippen LogP contribution is 2.67. The van der Waals surface area contributed by atoms with E-state index in [4.69, 9.17) is 5.84 Å². The third-order valence-electron chi connectivity index (χ3n) is 5.94. The number of carbonyl (C=O) groups is 1. The predicted octanol–water partition coefficient (Wildman–Crippen LogP) is 2.22. The van der Waals surface area contributed by atoms with Crippen molar-refractivity contribution in [2.45, 2.75) is 52.4 Å². The van der Waals surface area contributed by atoms with Crippen LogP contribution in [0.3, 0.4) is 0 Å². The van der Waals surface area contributed by atoms with Crippen molar-refractivity contribution in [1.29, 1.82) is 0 Å². The summed E-state index contributed by atoms with van der Waals surface area (Å²) in [5, 5.41) is 0. The fourth-order valence-electron chi connectivity index (χ4n) is 5.43. The first-order chi connectivity index (χ1) is 8.00. The summed E-state index contributed by atoms with van der Waals surface area (Å²) in [6, 6.07) is 0. The minimum atomic E-state index is -0.122. The Kier molecular flexibility index (Phi) is 2.35. The maximum absolute atomic E-state index is 12.2. The zero-order valence-electron chi connectivity index (χ0n) is 11.0. The van der Waals surface area contributed by atoms with Gasteiger partial charge in [-0.25, -0.2) is 5.84 Å². The van der Waals surface area contributed by atoms with Crippen LogP contribution in [0.5, 0.6) is 0 Å². The summed E-state index contributed by atoms with van der Waals surface area (Å²) < 4.78 is 0. The minimum absolute atomic E-state index is 0.108. The van der Waals surface area contributed by atoms with E-state index in [1.54, 1.807) is 0 Å². The number of hydrogen-bond acceptors (Lipinski definition) is 2. The summed E-state index contributed by atoms with van der Waals surface area (Å²) in [6.07, 6.45) is 7.30. The summed E-state index contributed by atoms with van der Waals surface area (Å²) in [4.78, 5) is 12.2. The van der Waals surface area contributed by atoms with E-state index in [9.17, 15) is 4.79 Å². The van der Waals surface area contributed by atoms with Gasteiger partial charge in [-0.3, -0.25) is 10.2 Å². The van der Waals surface area contributed by atoms with Gasteiger partial charge >= 0.3 is 0 Å². The molecule has 3 heteroatoms. The van der Waals surface area contributed by atoms with E-state index in [1.807, 2.05) is 0 Å². The highest BCUT2D eigenvalue weighted by molar-refractivity contribution is 5.82. The smallest absolute Gasteiger partial charge is 0.240 e. The standard InChI is InChI=1S/C14H24N2O/c1-9(2)13-4-10-3-11(5-13)7-14(6-10,8-13)12(17)16-15/h9-11H,3-8,15H2,1-2H3,(H,16,17)/t10-,11+,13?,14?. The van der Waals surface area contributed by atoms with E-state index >= 15 is 0 Å². The van der Waals surface area contributed by atoms with Crippen molar-refractivity contribution in [3.8, 4) is 0 Å². The fourth-order valence-corrected chi connectivity index (χ4v) is 5.43. The van der Waals surface area contributed by atoms with Crippen molar-refractivity contribution in [1.82, 2.24) is 5.43 Å². The maximum Gasteiger partial charge on any atom is 0.240 e. The van der Waals surface area contributed by atoms with E-state index in [0.717, 1.165) is 31.1 Å². The van der Waals surface area contributed by atoms with Crippen LogP contribution in [0.15, 0.2) is 0 Å². The molecule has 2 unspecified atom stereocenters. The second-order valence-corrected chi connectivity index (χ2v) is 7.23. The Balaban J connectivity index is 1.97. The molecule has 17 heavy (non-hydrogen) atoms. The van der Waals surface area contributed by atoms with Gasteiger partial charge in [0, 0.05) is 0 Å². The normalized spacial score (nSPS) is 47.5. The van der Waals surface area contributed by atoms with Crippen molar-refractivity contribution in [3.05, 3.63) is 0 Å². The molecule has 0 heterocycles. The Hall–Kier alpha value is -0.570. The highest BCUT2D eigenvalue weighted by atomic mass is 16.2. The lowest BCUT2D eigenvalue weighted by atomic mass is 9.42. The van der Waals surface area contributed by atoms with Crippen molar-refractivity contribution in [2.75, 3.05) is 0 Å². The molecule has 0 saturated heterocycles. The van der Waals surface area contributed by atoms with Crippen LogP contribution in [-0.4, -0.2) is 5.91 Å². The van der Waals surface area contributed by atoms with Gasteiger partial charge < -0.3 is 0 Å². The topological polar surface area (TPSA) is 55.1 Å². The molecule has 0 spiro atoms.